The van der Waals surface area contributed by atoms with Crippen molar-refractivity contribution in [1.29, 1.82) is 0 Å². The van der Waals surface area contributed by atoms with E-state index in [-0.39, 0.29) is 35.9 Å². The highest BCUT2D eigenvalue weighted by atomic mass is 16.5. The van der Waals surface area contributed by atoms with Crippen molar-refractivity contribution in [2.45, 2.75) is 120 Å². The molecule has 3 amide bonds. The topological polar surface area (TPSA) is 140 Å². The van der Waals surface area contributed by atoms with Crippen LogP contribution in [0.2, 0.25) is 0 Å². The first kappa shape index (κ1) is 39.8. The zero-order valence-electron chi connectivity index (χ0n) is 34.4. The van der Waals surface area contributed by atoms with Crippen LogP contribution in [0.3, 0.4) is 0 Å². The number of likely N-dealkylation sites (tertiary alicyclic amines) is 3. The standard InChI is InChI=1S/C46H60N8O4/c1-30(2)40(51-46(57)58-3)44(55)53-26-10-14-38(53)42-47-28-36(49-42)33-20-16-31(17-21-33)32-18-22-34(23-19-32)37-29-48-43(50-37)39-15-11-27-54(39)45(56)41(35-12-6-4-7-13-35)52-24-8-5-9-25-52/h4,6-7,12-13,16-17,20-21,28-30,32,34,38-41H,5,8-11,14-15,18-19,22-27H2,1-3H3,(H,47,49)(H,48,50)(H,51,57). The molecule has 4 atom stereocenters. The van der Waals surface area contributed by atoms with Crippen LogP contribution in [0.1, 0.15) is 143 Å². The van der Waals surface area contributed by atoms with Gasteiger partial charge < -0.3 is 29.8 Å². The van der Waals surface area contributed by atoms with Crippen molar-refractivity contribution < 1.29 is 19.1 Å². The van der Waals surface area contributed by atoms with Gasteiger partial charge in [0.25, 0.3) is 0 Å². The number of imidazole rings is 2. The summed E-state index contributed by atoms with van der Waals surface area (Å²) in [4.78, 5) is 63.2. The summed E-state index contributed by atoms with van der Waals surface area (Å²) >= 11 is 0. The van der Waals surface area contributed by atoms with Crippen LogP contribution < -0.4 is 5.32 Å². The average Bonchev–Trinajstić information content (AvgIpc) is 4.11. The largest absolute Gasteiger partial charge is 0.453 e. The van der Waals surface area contributed by atoms with E-state index in [1.54, 1.807) is 0 Å². The van der Waals surface area contributed by atoms with Gasteiger partial charge in [-0.25, -0.2) is 14.8 Å². The number of aromatic nitrogens is 4. The van der Waals surface area contributed by atoms with E-state index >= 15 is 0 Å². The van der Waals surface area contributed by atoms with E-state index in [1.807, 2.05) is 37.2 Å². The van der Waals surface area contributed by atoms with Gasteiger partial charge in [0.15, 0.2) is 0 Å². The molecule has 3 aliphatic heterocycles. The lowest BCUT2D eigenvalue weighted by Crippen LogP contribution is -2.51. The maximum absolute atomic E-state index is 14.4. The van der Waals surface area contributed by atoms with Crippen molar-refractivity contribution in [1.82, 2.24) is 40.0 Å². The Hall–Kier alpha value is -4.97. The summed E-state index contributed by atoms with van der Waals surface area (Å²) in [5, 5.41) is 2.72. The molecule has 3 N–H and O–H groups in total. The summed E-state index contributed by atoms with van der Waals surface area (Å²) in [6.45, 7) is 7.18. The fraction of sp³-hybridized carbons (Fsp3) is 0.543. The number of H-pyrrole nitrogens is 2. The van der Waals surface area contributed by atoms with Crippen molar-refractivity contribution in [2.75, 3.05) is 33.3 Å². The highest BCUT2D eigenvalue weighted by Gasteiger charge is 2.40. The molecule has 3 saturated heterocycles. The maximum Gasteiger partial charge on any atom is 0.407 e. The molecule has 12 nitrogen and oxygen atoms in total. The van der Waals surface area contributed by atoms with Crippen molar-refractivity contribution in [3.05, 3.63) is 95.5 Å². The number of hydrogen-bond acceptors (Lipinski definition) is 7. The SMILES string of the molecule is COC(=O)NC(C(=O)N1CCCC1c1ncc(-c2ccc(C3CCC(c4cnc(C5CCCN5C(=O)C(c5ccccc5)N5CCCCC5)[nH]4)CC3)cc2)[nH]1)C(C)C. The Kier molecular flexibility index (Phi) is 12.3. The van der Waals surface area contributed by atoms with Gasteiger partial charge >= 0.3 is 6.09 Å². The highest BCUT2D eigenvalue weighted by molar-refractivity contribution is 5.86. The third-order valence-electron chi connectivity index (χ3n) is 13.3. The lowest BCUT2D eigenvalue weighted by atomic mass is 9.77. The van der Waals surface area contributed by atoms with Crippen molar-refractivity contribution in [2.24, 2.45) is 5.92 Å². The first-order valence-electron chi connectivity index (χ1n) is 21.7. The van der Waals surface area contributed by atoms with Crippen LogP contribution in [0.4, 0.5) is 4.79 Å². The Morgan fingerprint density at radius 2 is 1.33 bits per heavy atom. The maximum atomic E-state index is 14.4. The van der Waals surface area contributed by atoms with Crippen LogP contribution in [-0.4, -0.2) is 91.9 Å². The Morgan fingerprint density at radius 1 is 0.707 bits per heavy atom. The number of nitrogens with zero attached hydrogens (tertiary/aromatic N) is 5. The van der Waals surface area contributed by atoms with Crippen molar-refractivity contribution in [3.63, 3.8) is 0 Å². The van der Waals surface area contributed by atoms with Crippen LogP contribution in [0.5, 0.6) is 0 Å². The smallest absolute Gasteiger partial charge is 0.407 e. The number of aromatic amines is 2. The van der Waals surface area contributed by atoms with Crippen molar-refractivity contribution >= 4 is 17.9 Å². The molecule has 0 spiro atoms. The van der Waals surface area contributed by atoms with E-state index in [1.165, 1.54) is 24.8 Å². The number of ether oxygens (including phenoxy) is 1. The predicted molar refractivity (Wildman–Crippen MR) is 223 cm³/mol. The van der Waals surface area contributed by atoms with Gasteiger partial charge in [0.1, 0.15) is 23.7 Å². The fourth-order valence-electron chi connectivity index (χ4n) is 10.0. The van der Waals surface area contributed by atoms with Gasteiger partial charge in [-0.2, -0.15) is 0 Å². The zero-order valence-corrected chi connectivity index (χ0v) is 34.4. The second kappa shape index (κ2) is 17.9. The number of hydrogen-bond donors (Lipinski definition) is 3. The lowest BCUT2D eigenvalue weighted by molar-refractivity contribution is -0.139. The molecule has 4 aliphatic rings. The number of alkyl carbamates (subject to hydrolysis) is 1. The summed E-state index contributed by atoms with van der Waals surface area (Å²) in [7, 11) is 1.31. The zero-order chi connectivity index (χ0) is 40.2. The van der Waals surface area contributed by atoms with Crippen LogP contribution >= 0.6 is 0 Å². The third-order valence-corrected chi connectivity index (χ3v) is 13.3. The molecule has 5 heterocycles. The Bertz CT molecular complexity index is 2000. The normalized spacial score (nSPS) is 23.9. The number of amides is 3. The Balaban J connectivity index is 0.874. The number of carbonyl (C=O) groups is 3. The van der Waals surface area contributed by atoms with Gasteiger partial charge in [-0.05, 0) is 106 Å². The molecule has 1 saturated carbocycles. The number of carbonyl (C=O) groups excluding carboxylic acids is 3. The first-order chi connectivity index (χ1) is 28.3. The minimum atomic E-state index is -0.662. The lowest BCUT2D eigenvalue weighted by Gasteiger charge is -2.37. The summed E-state index contributed by atoms with van der Waals surface area (Å²) in [6, 6.07) is 18.1. The highest BCUT2D eigenvalue weighted by Crippen LogP contribution is 2.42. The van der Waals surface area contributed by atoms with Gasteiger partial charge in [0.05, 0.1) is 31.1 Å². The third kappa shape index (κ3) is 8.44. The fourth-order valence-corrected chi connectivity index (χ4v) is 10.0. The Labute approximate surface area is 342 Å². The van der Waals surface area contributed by atoms with Gasteiger partial charge in [0.2, 0.25) is 11.8 Å². The molecule has 8 rings (SSSR count). The van der Waals surface area contributed by atoms with E-state index in [0.29, 0.717) is 18.4 Å². The summed E-state index contributed by atoms with van der Waals surface area (Å²) in [6.07, 6.45) is 14.9. The molecule has 12 heteroatoms. The number of benzene rings is 2. The average molecular weight is 789 g/mol. The van der Waals surface area contributed by atoms with Gasteiger partial charge in [-0.15, -0.1) is 0 Å². The molecule has 1 aliphatic carbocycles. The van der Waals surface area contributed by atoms with Crippen LogP contribution in [0, 0.1) is 5.92 Å². The molecular formula is C46H60N8O4. The van der Waals surface area contributed by atoms with E-state index in [9.17, 15) is 14.4 Å². The summed E-state index contributed by atoms with van der Waals surface area (Å²) in [5.74, 6) is 2.67. The molecule has 2 aromatic heterocycles. The minimum Gasteiger partial charge on any atom is -0.453 e. The van der Waals surface area contributed by atoms with Crippen molar-refractivity contribution in [3.8, 4) is 11.3 Å². The number of piperidine rings is 1. The van der Waals surface area contributed by atoms with Crippen LogP contribution in [0.15, 0.2) is 67.0 Å². The molecule has 0 radical (unpaired) electrons. The van der Waals surface area contributed by atoms with E-state index in [4.69, 9.17) is 14.7 Å². The van der Waals surface area contributed by atoms with Gasteiger partial charge in [-0.1, -0.05) is 74.9 Å². The molecule has 308 valence electrons. The molecule has 2 aromatic carbocycles. The van der Waals surface area contributed by atoms with E-state index < -0.39 is 12.1 Å². The number of methoxy groups -OCH3 is 1. The predicted octanol–water partition coefficient (Wildman–Crippen LogP) is 8.18. The second-order valence-corrected chi connectivity index (χ2v) is 17.2. The van der Waals surface area contributed by atoms with Gasteiger partial charge in [0, 0.05) is 30.9 Å². The number of rotatable bonds is 11. The molecule has 4 fully saturated rings. The minimum absolute atomic E-state index is 0.00906. The van der Waals surface area contributed by atoms with E-state index in [0.717, 1.165) is 112 Å². The van der Waals surface area contributed by atoms with Crippen LogP contribution in [-0.2, 0) is 14.3 Å². The Morgan fingerprint density at radius 3 is 1.98 bits per heavy atom. The monoisotopic (exact) mass is 788 g/mol. The summed E-state index contributed by atoms with van der Waals surface area (Å²) < 4.78 is 4.78. The second-order valence-electron chi connectivity index (χ2n) is 17.2. The van der Waals surface area contributed by atoms with Crippen LogP contribution in [0.25, 0.3) is 11.3 Å². The quantitative estimate of drug-likeness (QED) is 0.139. The molecule has 0 bridgehead atoms. The van der Waals surface area contributed by atoms with E-state index in [2.05, 4.69) is 73.6 Å². The number of nitrogens with one attached hydrogen (secondary N) is 3. The molecule has 58 heavy (non-hydrogen) atoms. The molecular weight excluding hydrogens is 729 g/mol. The summed E-state index contributed by atoms with van der Waals surface area (Å²) in [5.41, 5.74) is 5.65. The first-order valence-corrected chi connectivity index (χ1v) is 21.7. The molecule has 4 aromatic rings. The molecule has 4 unspecified atom stereocenters. The van der Waals surface area contributed by atoms with Gasteiger partial charge in [-0.3, -0.25) is 14.5 Å².